The van der Waals surface area contributed by atoms with Crippen LogP contribution in [0.1, 0.15) is 0 Å². The van der Waals surface area contributed by atoms with Gasteiger partial charge in [0.2, 0.25) is 0 Å². The standard InChI is InChI=1S/2C10H8N2O6S2.2CNS.Ru/c2*13-19(14,15)7-1-3-11-9(5-7)10-6-8(2-4-12-10)20(16,17)18;2*2-1-3;/h2*1-6H,(H,13,14,15)(H,16,17,18);;;/q;;2*-1;+2/p-2. The van der Waals surface area contributed by atoms with Gasteiger partial charge in [-0.3, -0.25) is 29.0 Å². The first-order valence-corrected chi connectivity index (χ1v) is 17.4. The average Bonchev–Trinajstić information content (AvgIpc) is 2.97. The molecule has 0 fully saturated rings. The Labute approximate surface area is 291 Å². The number of aromatic nitrogens is 4. The van der Waals surface area contributed by atoms with E-state index in [9.17, 15) is 42.8 Å². The van der Waals surface area contributed by atoms with Gasteiger partial charge in [0.1, 0.15) is 20.2 Å². The van der Waals surface area contributed by atoms with Crippen molar-refractivity contribution in [2.24, 2.45) is 0 Å². The average molecular weight is 848 g/mol. The summed E-state index contributed by atoms with van der Waals surface area (Å²) >= 11 is 7.40. The van der Waals surface area contributed by atoms with Crippen molar-refractivity contribution in [2.75, 3.05) is 0 Å². The molecule has 0 aliphatic rings. The summed E-state index contributed by atoms with van der Waals surface area (Å²) in [6.07, 6.45) is 4.39. The minimum Gasteiger partial charge on any atom is -0.753 e. The predicted molar refractivity (Wildman–Crippen MR) is 162 cm³/mol. The van der Waals surface area contributed by atoms with Gasteiger partial charge in [0.25, 0.3) is 20.2 Å². The topological polar surface area (TPSA) is 319 Å². The van der Waals surface area contributed by atoms with E-state index >= 15 is 0 Å². The summed E-state index contributed by atoms with van der Waals surface area (Å²) in [7, 11) is -18.2. The van der Waals surface area contributed by atoms with E-state index in [1.807, 2.05) is 0 Å². The van der Waals surface area contributed by atoms with Gasteiger partial charge in [-0.1, -0.05) is 24.4 Å². The SMILES string of the molecule is O=S(=O)([O-])c1ccnc(-c2cc(S(=O)(=O)O)ccn2)c1.O=S(=O)([O-])c1ccnc(-c2cc(S(=O)(=O)O)ccn2)c1.[N-]=C=S.[N-]=C=S.[Ru+2]. The van der Waals surface area contributed by atoms with E-state index < -0.39 is 60.1 Å². The second-order valence-electron chi connectivity index (χ2n) is 7.55. The molecular formula is C22H14N6O12RuS6-2. The number of isothiocyanates is 2. The monoisotopic (exact) mass is 848 g/mol. The van der Waals surface area contributed by atoms with Crippen LogP contribution in [-0.2, 0) is 60.0 Å². The fourth-order valence-electron chi connectivity index (χ4n) is 2.84. The van der Waals surface area contributed by atoms with Gasteiger partial charge in [-0.25, -0.2) is 16.8 Å². The third-order valence-electron chi connectivity index (χ3n) is 4.62. The first kappa shape index (κ1) is 43.5. The molecule has 4 heterocycles. The van der Waals surface area contributed by atoms with Crippen LogP contribution >= 0.6 is 24.4 Å². The molecule has 0 aliphatic heterocycles. The van der Waals surface area contributed by atoms with Crippen molar-refractivity contribution in [2.45, 2.75) is 19.6 Å². The second-order valence-corrected chi connectivity index (χ2v) is 13.5. The van der Waals surface area contributed by atoms with Gasteiger partial charge in [0.05, 0.1) is 42.4 Å². The molecule has 0 saturated heterocycles. The van der Waals surface area contributed by atoms with Gasteiger partial charge in [0, 0.05) is 24.8 Å². The molecule has 2 N–H and O–H groups in total. The molecule has 4 rings (SSSR count). The summed E-state index contributed by atoms with van der Waals surface area (Å²) in [5.41, 5.74) is -0.00361. The van der Waals surface area contributed by atoms with Gasteiger partial charge in [-0.05, 0) is 48.5 Å². The summed E-state index contributed by atoms with van der Waals surface area (Å²) in [4.78, 5) is 13.4. The fraction of sp³-hybridized carbons (Fsp3) is 0. The molecule has 0 bridgehead atoms. The number of hydrogen-bond donors (Lipinski definition) is 2. The maximum Gasteiger partial charge on any atom is 2.00 e. The number of pyridine rings is 4. The summed E-state index contributed by atoms with van der Waals surface area (Å²) in [6.45, 7) is 0. The zero-order valence-corrected chi connectivity index (χ0v) is 29.0. The molecule has 0 unspecified atom stereocenters. The van der Waals surface area contributed by atoms with Gasteiger partial charge in [-0.2, -0.15) is 27.2 Å². The summed E-state index contributed by atoms with van der Waals surface area (Å²) in [5, 5.41) is 16.9. The van der Waals surface area contributed by atoms with Crippen LogP contribution in [0.4, 0.5) is 0 Å². The molecule has 250 valence electrons. The van der Waals surface area contributed by atoms with Crippen LogP contribution in [-0.4, -0.2) is 82.1 Å². The Morgan fingerprint density at radius 3 is 0.915 bits per heavy atom. The second kappa shape index (κ2) is 18.7. The third-order valence-corrected chi connectivity index (χ3v) is 7.99. The Hall–Kier alpha value is -3.54. The van der Waals surface area contributed by atoms with E-state index in [0.29, 0.717) is 0 Å². The van der Waals surface area contributed by atoms with E-state index in [4.69, 9.17) is 19.9 Å². The Morgan fingerprint density at radius 2 is 0.723 bits per heavy atom. The molecule has 0 spiro atoms. The maximum atomic E-state index is 11.0. The zero-order valence-electron chi connectivity index (χ0n) is 22.4. The van der Waals surface area contributed by atoms with Crippen LogP contribution < -0.4 is 0 Å². The van der Waals surface area contributed by atoms with Crippen molar-refractivity contribution >= 4 is 75.2 Å². The molecule has 4 aromatic heterocycles. The molecule has 0 amide bonds. The molecule has 4 aromatic rings. The number of rotatable bonds is 6. The minimum absolute atomic E-state index is 0. The summed E-state index contributed by atoms with van der Waals surface area (Å²) in [6, 6.07) is 8.12. The number of thiocarbonyl (C=S) groups is 2. The van der Waals surface area contributed by atoms with E-state index in [-0.39, 0.29) is 42.3 Å². The molecule has 0 atom stereocenters. The van der Waals surface area contributed by atoms with Crippen LogP contribution in [0.3, 0.4) is 0 Å². The van der Waals surface area contributed by atoms with Gasteiger partial charge in [-0.15, -0.1) is 0 Å². The van der Waals surface area contributed by atoms with Crippen molar-refractivity contribution in [3.05, 3.63) is 84.1 Å². The minimum atomic E-state index is -4.66. The van der Waals surface area contributed by atoms with Crippen molar-refractivity contribution < 1.29 is 71.4 Å². The Balaban J connectivity index is 0.000000757. The third kappa shape index (κ3) is 14.8. The van der Waals surface area contributed by atoms with Crippen LogP contribution in [0.5, 0.6) is 0 Å². The zero-order chi connectivity index (χ0) is 35.3. The van der Waals surface area contributed by atoms with E-state index in [0.717, 1.165) is 73.3 Å². The summed E-state index contributed by atoms with van der Waals surface area (Å²) in [5.74, 6) is 0. The van der Waals surface area contributed by atoms with Crippen molar-refractivity contribution in [1.82, 2.24) is 19.9 Å². The molecule has 25 heteroatoms. The molecule has 0 aromatic carbocycles. The first-order chi connectivity index (χ1) is 21.2. The largest absolute Gasteiger partial charge is 2.00 e. The number of hydrogen-bond acceptors (Lipinski definition) is 16. The first-order valence-electron chi connectivity index (χ1n) is 10.9. The fourth-order valence-corrected chi connectivity index (χ4v) is 4.79. The van der Waals surface area contributed by atoms with Crippen LogP contribution in [0, 0.1) is 0 Å². The normalized spacial score (nSPS) is 10.8. The summed E-state index contributed by atoms with van der Waals surface area (Å²) < 4.78 is 127. The molecule has 0 radical (unpaired) electrons. The van der Waals surface area contributed by atoms with E-state index in [1.54, 1.807) is 0 Å². The van der Waals surface area contributed by atoms with Crippen molar-refractivity contribution in [3.63, 3.8) is 0 Å². The van der Waals surface area contributed by atoms with Crippen molar-refractivity contribution in [3.8, 4) is 22.8 Å². The van der Waals surface area contributed by atoms with E-state index in [2.05, 4.69) is 44.4 Å². The van der Waals surface area contributed by atoms with Crippen molar-refractivity contribution in [1.29, 1.82) is 0 Å². The maximum absolute atomic E-state index is 11.0. The van der Waals surface area contributed by atoms with Gasteiger partial charge in [0.15, 0.2) is 0 Å². The Kier molecular flexibility index (Phi) is 17.3. The predicted octanol–water partition coefficient (Wildman–Crippen LogP) is 1.90. The Bertz CT molecular complexity index is 1920. The molecule has 47 heavy (non-hydrogen) atoms. The quantitative estimate of drug-likeness (QED) is 0.121. The Morgan fingerprint density at radius 1 is 0.532 bits per heavy atom. The van der Waals surface area contributed by atoms with Crippen LogP contribution in [0.25, 0.3) is 33.6 Å². The van der Waals surface area contributed by atoms with Gasteiger partial charge < -0.3 is 19.9 Å². The molecule has 0 saturated carbocycles. The molecular weight excluding hydrogens is 834 g/mol. The smallest absolute Gasteiger partial charge is 0.753 e. The van der Waals surface area contributed by atoms with Crippen LogP contribution in [0.15, 0.2) is 92.9 Å². The van der Waals surface area contributed by atoms with Crippen LogP contribution in [0.2, 0.25) is 0 Å². The van der Waals surface area contributed by atoms with E-state index in [1.165, 1.54) is 10.3 Å². The molecule has 0 aliphatic carbocycles. The number of nitrogens with zero attached hydrogens (tertiary/aromatic N) is 6. The van der Waals surface area contributed by atoms with Gasteiger partial charge >= 0.3 is 19.5 Å². The molecule has 18 nitrogen and oxygen atoms in total.